The lowest BCUT2D eigenvalue weighted by molar-refractivity contribution is -0.291. The maximum absolute atomic E-state index is 13.9. The van der Waals surface area contributed by atoms with Crippen LogP contribution in [0.5, 0.6) is 0 Å². The number of hydrogen-bond acceptors (Lipinski definition) is 6. The molecule has 0 saturated carbocycles. The van der Waals surface area contributed by atoms with Gasteiger partial charge in [-0.15, -0.1) is 5.10 Å². The number of alkyl halides is 3. The van der Waals surface area contributed by atoms with Crippen molar-refractivity contribution in [2.45, 2.75) is 45.4 Å². The van der Waals surface area contributed by atoms with Gasteiger partial charge in [0, 0.05) is 24.7 Å². The number of anilines is 1. The second-order valence-corrected chi connectivity index (χ2v) is 6.58. The SMILES string of the molecule is CC(=O)Nc1cc(C(C)C(C)(ONC(=O)c2cccnn2)C(F)(F)F)cc(C)n1. The van der Waals surface area contributed by atoms with Gasteiger partial charge in [0.15, 0.2) is 11.3 Å². The van der Waals surface area contributed by atoms with Crippen LogP contribution in [0.4, 0.5) is 19.0 Å². The summed E-state index contributed by atoms with van der Waals surface area (Å²) in [6.45, 7) is 4.97. The van der Waals surface area contributed by atoms with E-state index in [1.165, 1.54) is 44.3 Å². The highest BCUT2D eigenvalue weighted by Crippen LogP contribution is 2.43. The minimum Gasteiger partial charge on any atom is -0.311 e. The Morgan fingerprint density at radius 3 is 2.48 bits per heavy atom. The van der Waals surface area contributed by atoms with Gasteiger partial charge in [-0.05, 0) is 43.7 Å². The molecule has 0 aromatic carbocycles. The number of aryl methyl sites for hydroxylation is 1. The average Bonchev–Trinajstić information content (AvgIpc) is 2.64. The zero-order chi connectivity index (χ0) is 21.8. The maximum Gasteiger partial charge on any atom is 0.420 e. The number of amides is 2. The predicted octanol–water partition coefficient (Wildman–Crippen LogP) is 2.92. The van der Waals surface area contributed by atoms with E-state index in [-0.39, 0.29) is 17.1 Å². The smallest absolute Gasteiger partial charge is 0.311 e. The third-order valence-electron chi connectivity index (χ3n) is 4.33. The molecule has 29 heavy (non-hydrogen) atoms. The molecule has 2 unspecified atom stereocenters. The van der Waals surface area contributed by atoms with Crippen LogP contribution < -0.4 is 10.8 Å². The van der Waals surface area contributed by atoms with Crippen LogP contribution in [0.15, 0.2) is 30.5 Å². The van der Waals surface area contributed by atoms with Crippen molar-refractivity contribution >= 4 is 17.6 Å². The molecule has 0 aliphatic heterocycles. The number of aromatic nitrogens is 3. The van der Waals surface area contributed by atoms with Crippen LogP contribution in [0.3, 0.4) is 0 Å². The number of carbonyl (C=O) groups excluding carboxylic acids is 2. The van der Waals surface area contributed by atoms with Gasteiger partial charge >= 0.3 is 6.18 Å². The molecule has 11 heteroatoms. The Labute approximate surface area is 164 Å². The number of halogens is 3. The molecule has 2 N–H and O–H groups in total. The summed E-state index contributed by atoms with van der Waals surface area (Å²) >= 11 is 0. The van der Waals surface area contributed by atoms with Gasteiger partial charge in [-0.3, -0.25) is 14.4 Å². The van der Waals surface area contributed by atoms with Crippen LogP contribution in [-0.4, -0.2) is 38.8 Å². The molecule has 0 radical (unpaired) electrons. The van der Waals surface area contributed by atoms with Gasteiger partial charge < -0.3 is 5.32 Å². The van der Waals surface area contributed by atoms with Crippen molar-refractivity contribution in [3.63, 3.8) is 0 Å². The van der Waals surface area contributed by atoms with Crippen molar-refractivity contribution in [1.82, 2.24) is 20.7 Å². The Hall–Kier alpha value is -3.08. The summed E-state index contributed by atoms with van der Waals surface area (Å²) in [4.78, 5) is 32.3. The summed E-state index contributed by atoms with van der Waals surface area (Å²) < 4.78 is 41.7. The fourth-order valence-electron chi connectivity index (χ4n) is 2.53. The summed E-state index contributed by atoms with van der Waals surface area (Å²) in [6.07, 6.45) is -3.52. The lowest BCUT2D eigenvalue weighted by Crippen LogP contribution is -2.53. The van der Waals surface area contributed by atoms with E-state index >= 15 is 0 Å². The summed E-state index contributed by atoms with van der Waals surface area (Å²) in [6, 6.07) is 5.48. The van der Waals surface area contributed by atoms with E-state index in [4.69, 9.17) is 4.84 Å². The Bertz CT molecular complexity index is 892. The lowest BCUT2D eigenvalue weighted by Gasteiger charge is -2.36. The van der Waals surface area contributed by atoms with Gasteiger partial charge in [-0.25, -0.2) is 10.5 Å². The third-order valence-corrected chi connectivity index (χ3v) is 4.33. The van der Waals surface area contributed by atoms with E-state index in [0.29, 0.717) is 5.69 Å². The average molecular weight is 411 g/mol. The van der Waals surface area contributed by atoms with E-state index in [1.54, 1.807) is 6.92 Å². The maximum atomic E-state index is 13.9. The highest BCUT2D eigenvalue weighted by Gasteiger charge is 2.57. The molecule has 156 valence electrons. The summed E-state index contributed by atoms with van der Waals surface area (Å²) in [5.74, 6) is -2.52. The van der Waals surface area contributed by atoms with Crippen molar-refractivity contribution in [3.05, 3.63) is 47.4 Å². The molecule has 0 aliphatic rings. The highest BCUT2D eigenvalue weighted by molar-refractivity contribution is 5.91. The summed E-state index contributed by atoms with van der Waals surface area (Å²) in [5, 5.41) is 9.46. The molecule has 0 spiro atoms. The number of hydroxylamine groups is 1. The number of nitrogens with zero attached hydrogens (tertiary/aromatic N) is 3. The molecule has 2 heterocycles. The first kappa shape index (κ1) is 22.2. The van der Waals surface area contributed by atoms with Crippen LogP contribution in [0, 0.1) is 6.92 Å². The number of pyridine rings is 1. The Balaban J connectivity index is 2.32. The number of hydrogen-bond donors (Lipinski definition) is 2. The van der Waals surface area contributed by atoms with E-state index in [9.17, 15) is 22.8 Å². The first-order valence-corrected chi connectivity index (χ1v) is 8.53. The Morgan fingerprint density at radius 2 is 1.93 bits per heavy atom. The molecule has 0 fully saturated rings. The van der Waals surface area contributed by atoms with Gasteiger partial charge in [0.25, 0.3) is 5.91 Å². The highest BCUT2D eigenvalue weighted by atomic mass is 19.4. The summed E-state index contributed by atoms with van der Waals surface area (Å²) in [7, 11) is 0. The molecular formula is C18H20F3N5O3. The summed E-state index contributed by atoms with van der Waals surface area (Å²) in [5.41, 5.74) is -0.545. The monoisotopic (exact) mass is 411 g/mol. The topological polar surface area (TPSA) is 106 Å². The van der Waals surface area contributed by atoms with E-state index in [0.717, 1.165) is 6.92 Å². The van der Waals surface area contributed by atoms with Gasteiger partial charge in [0.1, 0.15) is 5.82 Å². The van der Waals surface area contributed by atoms with E-state index in [2.05, 4.69) is 20.5 Å². The third kappa shape index (κ3) is 5.25. The minimum atomic E-state index is -4.84. The fraction of sp³-hybridized carbons (Fsp3) is 0.389. The second-order valence-electron chi connectivity index (χ2n) is 6.58. The molecule has 0 saturated heterocycles. The predicted molar refractivity (Wildman–Crippen MR) is 96.7 cm³/mol. The van der Waals surface area contributed by atoms with Gasteiger partial charge in [-0.1, -0.05) is 6.92 Å². The fourth-order valence-corrected chi connectivity index (χ4v) is 2.53. The lowest BCUT2D eigenvalue weighted by atomic mass is 9.84. The standard InChI is InChI=1S/C18H20F3N5O3/c1-10-8-13(9-15(23-10)24-12(3)27)11(2)17(4,18(19,20)21)29-26-16(28)14-6-5-7-22-25-14/h5-9,11H,1-4H3,(H,26,28)(H,23,24,27). The molecule has 8 nitrogen and oxygen atoms in total. The van der Waals surface area contributed by atoms with Gasteiger partial charge in [0.05, 0.1) is 0 Å². The van der Waals surface area contributed by atoms with Crippen LogP contribution in [0.25, 0.3) is 0 Å². The van der Waals surface area contributed by atoms with Gasteiger partial charge in [-0.2, -0.15) is 18.3 Å². The van der Waals surface area contributed by atoms with E-state index < -0.39 is 29.5 Å². The normalized spacial score (nSPS) is 14.6. The number of nitrogens with one attached hydrogen (secondary N) is 2. The first-order chi connectivity index (χ1) is 13.4. The number of carbonyl (C=O) groups is 2. The van der Waals surface area contributed by atoms with Crippen molar-refractivity contribution in [3.8, 4) is 0 Å². The van der Waals surface area contributed by atoms with Crippen LogP contribution in [0.2, 0.25) is 0 Å². The molecule has 2 atom stereocenters. The van der Waals surface area contributed by atoms with Crippen LogP contribution in [0.1, 0.15) is 48.4 Å². The zero-order valence-electron chi connectivity index (χ0n) is 16.2. The van der Waals surface area contributed by atoms with Crippen LogP contribution in [-0.2, 0) is 9.63 Å². The van der Waals surface area contributed by atoms with Crippen molar-refractivity contribution in [2.75, 3.05) is 5.32 Å². The molecular weight excluding hydrogens is 391 g/mol. The van der Waals surface area contributed by atoms with Crippen molar-refractivity contribution in [1.29, 1.82) is 0 Å². The minimum absolute atomic E-state index is 0.118. The quantitative estimate of drug-likeness (QED) is 0.708. The molecule has 2 amide bonds. The molecule has 2 rings (SSSR count). The van der Waals surface area contributed by atoms with Crippen LogP contribution >= 0.6 is 0 Å². The second kappa shape index (κ2) is 8.52. The van der Waals surface area contributed by atoms with Crippen molar-refractivity contribution in [2.24, 2.45) is 0 Å². The van der Waals surface area contributed by atoms with E-state index in [1.807, 2.05) is 5.48 Å². The molecule has 2 aromatic heterocycles. The van der Waals surface area contributed by atoms with Gasteiger partial charge in [0.2, 0.25) is 5.91 Å². The largest absolute Gasteiger partial charge is 0.420 e. The molecule has 2 aromatic rings. The Morgan fingerprint density at radius 1 is 1.24 bits per heavy atom. The molecule has 0 bridgehead atoms. The first-order valence-electron chi connectivity index (χ1n) is 8.53. The number of rotatable bonds is 6. The Kier molecular flexibility index (Phi) is 6.52. The van der Waals surface area contributed by atoms with Crippen molar-refractivity contribution < 1.29 is 27.6 Å². The molecule has 0 aliphatic carbocycles. The zero-order valence-corrected chi connectivity index (χ0v) is 16.2.